The molecule has 1 aromatic rings. The van der Waals surface area contributed by atoms with Gasteiger partial charge in [0.2, 0.25) is 0 Å². The number of ketones is 1. The maximum atomic E-state index is 12.1. The highest BCUT2D eigenvalue weighted by Crippen LogP contribution is 2.27. The van der Waals surface area contributed by atoms with Crippen molar-refractivity contribution in [3.63, 3.8) is 0 Å². The van der Waals surface area contributed by atoms with Gasteiger partial charge in [-0.2, -0.15) is 0 Å². The quantitative estimate of drug-likeness (QED) is 0.477. The van der Waals surface area contributed by atoms with Crippen LogP contribution >= 0.6 is 0 Å². The first-order valence-electron chi connectivity index (χ1n) is 8.19. The van der Waals surface area contributed by atoms with E-state index in [9.17, 15) is 15.0 Å². The highest BCUT2D eigenvalue weighted by molar-refractivity contribution is 5.99. The Morgan fingerprint density at radius 3 is 2.41 bits per heavy atom. The van der Waals surface area contributed by atoms with E-state index in [1.54, 1.807) is 0 Å². The zero-order valence-electron chi connectivity index (χ0n) is 13.7. The summed E-state index contributed by atoms with van der Waals surface area (Å²) in [5, 5.41) is 19.5. The molecule has 0 fully saturated rings. The number of phenols is 1. The molecule has 0 bridgehead atoms. The van der Waals surface area contributed by atoms with Crippen LogP contribution in [0.5, 0.6) is 11.5 Å². The molecule has 0 amide bonds. The molecule has 0 saturated heterocycles. The summed E-state index contributed by atoms with van der Waals surface area (Å²) < 4.78 is 4.98. The molecule has 1 unspecified atom stereocenters. The molecule has 0 aliphatic carbocycles. The van der Waals surface area contributed by atoms with Gasteiger partial charge < -0.3 is 14.9 Å². The molecule has 1 atom stereocenters. The molecule has 1 rings (SSSR count). The van der Waals surface area contributed by atoms with Crippen LogP contribution in [-0.4, -0.2) is 29.2 Å². The lowest BCUT2D eigenvalue weighted by Gasteiger charge is -2.11. The Morgan fingerprint density at radius 1 is 1.14 bits per heavy atom. The first-order chi connectivity index (χ1) is 10.6. The highest BCUT2D eigenvalue weighted by atomic mass is 16.5. The Bertz CT molecular complexity index is 456. The van der Waals surface area contributed by atoms with E-state index in [1.807, 2.05) is 0 Å². The number of hydrogen-bond donors (Lipinski definition) is 2. The third kappa shape index (κ3) is 6.06. The minimum atomic E-state index is -0.982. The summed E-state index contributed by atoms with van der Waals surface area (Å²) in [6.45, 7) is 2.19. The van der Waals surface area contributed by atoms with Crippen LogP contribution < -0.4 is 4.74 Å². The van der Waals surface area contributed by atoms with Gasteiger partial charge in [0.1, 0.15) is 6.10 Å². The van der Waals surface area contributed by atoms with E-state index in [1.165, 1.54) is 51.0 Å². The normalized spacial score (nSPS) is 12.1. The number of carbonyl (C=O) groups is 1. The van der Waals surface area contributed by atoms with Crippen molar-refractivity contribution in [3.05, 3.63) is 23.8 Å². The fourth-order valence-electron chi connectivity index (χ4n) is 2.45. The Labute approximate surface area is 133 Å². The van der Waals surface area contributed by atoms with Crippen LogP contribution in [0.3, 0.4) is 0 Å². The van der Waals surface area contributed by atoms with Gasteiger partial charge in [-0.1, -0.05) is 51.9 Å². The van der Waals surface area contributed by atoms with Crippen molar-refractivity contribution in [3.8, 4) is 11.5 Å². The maximum Gasteiger partial charge on any atom is 0.191 e. The van der Waals surface area contributed by atoms with Gasteiger partial charge in [0.05, 0.1) is 7.11 Å². The van der Waals surface area contributed by atoms with E-state index in [2.05, 4.69) is 6.92 Å². The summed E-state index contributed by atoms with van der Waals surface area (Å²) in [6, 6.07) is 4.38. The number of benzene rings is 1. The maximum absolute atomic E-state index is 12.1. The Hall–Kier alpha value is -1.55. The molecule has 0 heterocycles. The van der Waals surface area contributed by atoms with Crippen molar-refractivity contribution < 1.29 is 19.7 Å². The molecule has 22 heavy (non-hydrogen) atoms. The molecule has 0 aromatic heterocycles. The SMILES string of the molecule is CCCCCCCCCC(O)C(=O)c1ccc(O)c(OC)c1. The van der Waals surface area contributed by atoms with Crippen LogP contribution in [0.4, 0.5) is 0 Å². The van der Waals surface area contributed by atoms with E-state index in [4.69, 9.17) is 4.74 Å². The molecule has 0 aliphatic rings. The van der Waals surface area contributed by atoms with E-state index in [0.717, 1.165) is 19.3 Å². The third-order valence-corrected chi connectivity index (χ3v) is 3.85. The highest BCUT2D eigenvalue weighted by Gasteiger charge is 2.18. The van der Waals surface area contributed by atoms with Crippen molar-refractivity contribution >= 4 is 5.78 Å². The number of carbonyl (C=O) groups excluding carboxylic acids is 1. The Morgan fingerprint density at radius 2 is 1.77 bits per heavy atom. The van der Waals surface area contributed by atoms with Gasteiger partial charge in [-0.25, -0.2) is 0 Å². The predicted octanol–water partition coefficient (Wildman–Crippen LogP) is 4.09. The van der Waals surface area contributed by atoms with E-state index >= 15 is 0 Å². The van der Waals surface area contributed by atoms with Crippen molar-refractivity contribution in [2.24, 2.45) is 0 Å². The van der Waals surface area contributed by atoms with Crippen molar-refractivity contribution in [1.29, 1.82) is 0 Å². The number of methoxy groups -OCH3 is 1. The fourth-order valence-corrected chi connectivity index (χ4v) is 2.45. The smallest absolute Gasteiger partial charge is 0.191 e. The number of aliphatic hydroxyl groups is 1. The molecule has 4 nitrogen and oxygen atoms in total. The summed E-state index contributed by atoms with van der Waals surface area (Å²) in [4.78, 5) is 12.1. The molecule has 124 valence electrons. The molecule has 0 aliphatic heterocycles. The number of aliphatic hydroxyl groups excluding tert-OH is 1. The summed E-state index contributed by atoms with van der Waals surface area (Å²) in [7, 11) is 1.43. The fraction of sp³-hybridized carbons (Fsp3) is 0.611. The number of Topliss-reactive ketones (excluding diaryl/α,β-unsaturated/α-hetero) is 1. The second kappa shape index (κ2) is 10.2. The van der Waals surface area contributed by atoms with Gasteiger partial charge in [0.25, 0.3) is 0 Å². The number of aromatic hydroxyl groups is 1. The molecular formula is C18H28O4. The molecule has 1 aromatic carbocycles. The first-order valence-corrected chi connectivity index (χ1v) is 8.19. The van der Waals surface area contributed by atoms with Crippen LogP contribution in [0.25, 0.3) is 0 Å². The lowest BCUT2D eigenvalue weighted by atomic mass is 10.00. The van der Waals surface area contributed by atoms with Gasteiger partial charge in [0, 0.05) is 5.56 Å². The summed E-state index contributed by atoms with van der Waals surface area (Å²) in [6.07, 6.45) is 7.58. The zero-order chi connectivity index (χ0) is 16.4. The van der Waals surface area contributed by atoms with Crippen molar-refractivity contribution in [2.45, 2.75) is 64.4 Å². The predicted molar refractivity (Wildman–Crippen MR) is 87.6 cm³/mol. The van der Waals surface area contributed by atoms with E-state index in [-0.39, 0.29) is 17.3 Å². The van der Waals surface area contributed by atoms with Gasteiger partial charge in [-0.15, -0.1) is 0 Å². The summed E-state index contributed by atoms with van der Waals surface area (Å²) in [5.41, 5.74) is 0.366. The number of ether oxygens (including phenoxy) is 1. The molecule has 4 heteroatoms. The monoisotopic (exact) mass is 308 g/mol. The van der Waals surface area contributed by atoms with Crippen LogP contribution in [0.1, 0.15) is 68.6 Å². The molecule has 0 radical (unpaired) electrons. The van der Waals surface area contributed by atoms with Crippen LogP contribution in [0, 0.1) is 0 Å². The third-order valence-electron chi connectivity index (χ3n) is 3.85. The second-order valence-corrected chi connectivity index (χ2v) is 5.68. The molecule has 0 saturated carbocycles. The van der Waals surface area contributed by atoms with Gasteiger partial charge in [0.15, 0.2) is 17.3 Å². The molecule has 2 N–H and O–H groups in total. The van der Waals surface area contributed by atoms with Gasteiger partial charge in [-0.05, 0) is 24.6 Å². The van der Waals surface area contributed by atoms with Gasteiger partial charge in [-0.3, -0.25) is 4.79 Å². The van der Waals surface area contributed by atoms with Crippen molar-refractivity contribution in [1.82, 2.24) is 0 Å². The minimum Gasteiger partial charge on any atom is -0.504 e. The Balaban J connectivity index is 2.36. The lowest BCUT2D eigenvalue weighted by molar-refractivity contribution is 0.0725. The second-order valence-electron chi connectivity index (χ2n) is 5.68. The lowest BCUT2D eigenvalue weighted by Crippen LogP contribution is -2.20. The van der Waals surface area contributed by atoms with Crippen LogP contribution in [0.2, 0.25) is 0 Å². The number of hydrogen-bond acceptors (Lipinski definition) is 4. The summed E-state index contributed by atoms with van der Waals surface area (Å²) >= 11 is 0. The standard InChI is InChI=1S/C18H28O4/c1-3-4-5-6-7-8-9-10-16(20)18(21)14-11-12-15(19)17(13-14)22-2/h11-13,16,19-20H,3-10H2,1-2H3. The number of unbranched alkanes of at least 4 members (excludes halogenated alkanes) is 6. The number of rotatable bonds is 11. The first kappa shape index (κ1) is 18.5. The zero-order valence-corrected chi connectivity index (χ0v) is 13.7. The van der Waals surface area contributed by atoms with E-state index in [0.29, 0.717) is 12.0 Å². The largest absolute Gasteiger partial charge is 0.504 e. The molecular weight excluding hydrogens is 280 g/mol. The van der Waals surface area contributed by atoms with Crippen molar-refractivity contribution in [2.75, 3.05) is 7.11 Å². The topological polar surface area (TPSA) is 66.8 Å². The van der Waals surface area contributed by atoms with Crippen LogP contribution in [-0.2, 0) is 0 Å². The summed E-state index contributed by atoms with van der Waals surface area (Å²) in [5.74, 6) is -0.0844. The number of phenolic OH excluding ortho intramolecular Hbond substituents is 1. The van der Waals surface area contributed by atoms with Crippen LogP contribution in [0.15, 0.2) is 18.2 Å². The van der Waals surface area contributed by atoms with E-state index < -0.39 is 6.10 Å². The Kier molecular flexibility index (Phi) is 8.60. The minimum absolute atomic E-state index is 0.0133. The average Bonchev–Trinajstić information content (AvgIpc) is 2.53. The van der Waals surface area contributed by atoms with Gasteiger partial charge >= 0.3 is 0 Å². The molecule has 0 spiro atoms. The average molecular weight is 308 g/mol.